The molecule has 0 saturated carbocycles. The highest BCUT2D eigenvalue weighted by molar-refractivity contribution is 6.33. The first-order chi connectivity index (χ1) is 10.1. The van der Waals surface area contributed by atoms with Crippen LogP contribution < -0.4 is 10.1 Å². The summed E-state index contributed by atoms with van der Waals surface area (Å²) in [5, 5.41) is 4.08. The van der Waals surface area contributed by atoms with Gasteiger partial charge in [0.15, 0.2) is 0 Å². The molecule has 0 unspecified atom stereocenters. The summed E-state index contributed by atoms with van der Waals surface area (Å²) in [6, 6.07) is 16.0. The lowest BCUT2D eigenvalue weighted by Crippen LogP contribution is -2.02. The van der Waals surface area contributed by atoms with Crippen molar-refractivity contribution in [1.82, 2.24) is 0 Å². The van der Waals surface area contributed by atoms with Crippen LogP contribution in [0.2, 0.25) is 5.02 Å². The fourth-order valence-electron chi connectivity index (χ4n) is 1.92. The highest BCUT2D eigenvalue weighted by Gasteiger charge is 2.00. The second-order valence-electron chi connectivity index (χ2n) is 5.51. The summed E-state index contributed by atoms with van der Waals surface area (Å²) in [5.41, 5.74) is 2.16. The van der Waals surface area contributed by atoms with Crippen LogP contribution in [0.4, 0.5) is 5.69 Å². The Morgan fingerprint density at radius 1 is 1.05 bits per heavy atom. The Kier molecular flexibility index (Phi) is 5.94. The van der Waals surface area contributed by atoms with Gasteiger partial charge in [0.05, 0.1) is 17.3 Å². The van der Waals surface area contributed by atoms with Gasteiger partial charge in [0, 0.05) is 6.54 Å². The Morgan fingerprint density at radius 2 is 1.76 bits per heavy atom. The van der Waals surface area contributed by atoms with Gasteiger partial charge >= 0.3 is 0 Å². The largest absolute Gasteiger partial charge is 0.494 e. The minimum absolute atomic E-state index is 0.670. The van der Waals surface area contributed by atoms with Crippen LogP contribution >= 0.6 is 11.6 Å². The van der Waals surface area contributed by atoms with E-state index in [0.29, 0.717) is 5.92 Å². The van der Waals surface area contributed by atoms with Gasteiger partial charge in [0.25, 0.3) is 0 Å². The van der Waals surface area contributed by atoms with E-state index in [1.165, 1.54) is 5.56 Å². The van der Waals surface area contributed by atoms with Crippen molar-refractivity contribution in [3.05, 3.63) is 59.1 Å². The summed E-state index contributed by atoms with van der Waals surface area (Å²) in [6.07, 6.45) is 1.08. The molecule has 0 saturated heterocycles. The fourth-order valence-corrected chi connectivity index (χ4v) is 2.12. The molecule has 2 aromatic carbocycles. The lowest BCUT2D eigenvalue weighted by atomic mass is 10.1. The average molecular weight is 304 g/mol. The molecule has 1 N–H and O–H groups in total. The van der Waals surface area contributed by atoms with Crippen molar-refractivity contribution >= 4 is 17.3 Å². The summed E-state index contributed by atoms with van der Waals surface area (Å²) in [4.78, 5) is 0. The Morgan fingerprint density at radius 3 is 2.43 bits per heavy atom. The maximum absolute atomic E-state index is 6.12. The first kappa shape index (κ1) is 15.7. The monoisotopic (exact) mass is 303 g/mol. The van der Waals surface area contributed by atoms with E-state index in [9.17, 15) is 0 Å². The molecule has 0 aliphatic heterocycles. The lowest BCUT2D eigenvalue weighted by Gasteiger charge is -2.10. The molecule has 2 rings (SSSR count). The van der Waals surface area contributed by atoms with Crippen molar-refractivity contribution in [3.8, 4) is 5.75 Å². The average Bonchev–Trinajstić information content (AvgIpc) is 2.47. The molecule has 0 radical (unpaired) electrons. The van der Waals surface area contributed by atoms with Gasteiger partial charge in [-0.05, 0) is 42.2 Å². The number of hydrogen-bond donors (Lipinski definition) is 1. The summed E-state index contributed by atoms with van der Waals surface area (Å²) < 4.78 is 5.71. The first-order valence-electron chi connectivity index (χ1n) is 7.35. The summed E-state index contributed by atoms with van der Waals surface area (Å²) >= 11 is 6.12. The van der Waals surface area contributed by atoms with E-state index in [1.807, 2.05) is 36.4 Å². The summed E-state index contributed by atoms with van der Waals surface area (Å²) in [6.45, 7) is 5.92. The second kappa shape index (κ2) is 7.94. The second-order valence-corrected chi connectivity index (χ2v) is 5.92. The van der Waals surface area contributed by atoms with Crippen molar-refractivity contribution < 1.29 is 4.74 Å². The Balaban J connectivity index is 1.84. The molecule has 0 amide bonds. The van der Waals surface area contributed by atoms with Gasteiger partial charge in [-0.15, -0.1) is 0 Å². The number of para-hydroxylation sites is 1. The van der Waals surface area contributed by atoms with Crippen LogP contribution in [0, 0.1) is 5.92 Å². The molecule has 21 heavy (non-hydrogen) atoms. The van der Waals surface area contributed by atoms with Crippen molar-refractivity contribution in [3.63, 3.8) is 0 Å². The van der Waals surface area contributed by atoms with Gasteiger partial charge in [0.2, 0.25) is 0 Å². The zero-order valence-electron chi connectivity index (χ0n) is 12.6. The molecule has 2 aromatic rings. The molecule has 0 spiro atoms. The predicted molar refractivity (Wildman–Crippen MR) is 90.2 cm³/mol. The number of nitrogens with one attached hydrogen (secondary N) is 1. The molecule has 0 heterocycles. The van der Waals surface area contributed by atoms with E-state index in [-0.39, 0.29) is 0 Å². The Hall–Kier alpha value is -1.67. The van der Waals surface area contributed by atoms with Gasteiger partial charge in [-0.25, -0.2) is 0 Å². The molecule has 0 aliphatic carbocycles. The third-order valence-corrected chi connectivity index (χ3v) is 3.57. The highest BCUT2D eigenvalue weighted by Crippen LogP contribution is 2.21. The molecule has 0 fully saturated rings. The minimum atomic E-state index is 0.670. The smallest absolute Gasteiger partial charge is 0.119 e. The van der Waals surface area contributed by atoms with Gasteiger partial charge < -0.3 is 10.1 Å². The maximum Gasteiger partial charge on any atom is 0.119 e. The molecule has 0 aliphatic rings. The molecular formula is C18H22ClNO. The summed E-state index contributed by atoms with van der Waals surface area (Å²) in [5.74, 6) is 1.60. The van der Waals surface area contributed by atoms with Crippen LogP contribution in [0.25, 0.3) is 0 Å². The van der Waals surface area contributed by atoms with Crippen LogP contribution in [0.3, 0.4) is 0 Å². The third-order valence-electron chi connectivity index (χ3n) is 3.24. The van der Waals surface area contributed by atoms with Gasteiger partial charge in [-0.2, -0.15) is 0 Å². The van der Waals surface area contributed by atoms with Crippen LogP contribution in [0.15, 0.2) is 48.5 Å². The molecule has 0 atom stereocenters. The van der Waals surface area contributed by atoms with Crippen LogP contribution in [-0.2, 0) is 6.54 Å². The zero-order chi connectivity index (χ0) is 15.1. The number of benzene rings is 2. The van der Waals surface area contributed by atoms with E-state index in [2.05, 4.69) is 31.3 Å². The number of halogens is 1. The first-order valence-corrected chi connectivity index (χ1v) is 7.73. The van der Waals surface area contributed by atoms with Crippen LogP contribution in [0.1, 0.15) is 25.8 Å². The highest BCUT2D eigenvalue weighted by atomic mass is 35.5. The molecule has 0 bridgehead atoms. The molecule has 0 aromatic heterocycles. The van der Waals surface area contributed by atoms with E-state index in [1.54, 1.807) is 0 Å². The number of anilines is 1. The van der Waals surface area contributed by atoms with Crippen molar-refractivity contribution in [2.24, 2.45) is 5.92 Å². The minimum Gasteiger partial charge on any atom is -0.494 e. The van der Waals surface area contributed by atoms with Gasteiger partial charge in [0.1, 0.15) is 5.75 Å². The quantitative estimate of drug-likeness (QED) is 0.741. The Bertz CT molecular complexity index is 551. The zero-order valence-corrected chi connectivity index (χ0v) is 13.4. The maximum atomic E-state index is 6.12. The van der Waals surface area contributed by atoms with E-state index >= 15 is 0 Å². The van der Waals surface area contributed by atoms with E-state index < -0.39 is 0 Å². The predicted octanol–water partition coefficient (Wildman–Crippen LogP) is 5.38. The fraction of sp³-hybridized carbons (Fsp3) is 0.333. The van der Waals surface area contributed by atoms with E-state index in [0.717, 1.165) is 36.0 Å². The SMILES string of the molecule is CC(C)CCOc1ccc(CNc2ccccc2Cl)cc1. The lowest BCUT2D eigenvalue weighted by molar-refractivity contribution is 0.289. The van der Waals surface area contributed by atoms with Gasteiger partial charge in [-0.3, -0.25) is 0 Å². The molecule has 3 heteroatoms. The summed E-state index contributed by atoms with van der Waals surface area (Å²) in [7, 11) is 0. The standard InChI is InChI=1S/C18H22ClNO/c1-14(2)11-12-21-16-9-7-15(8-10-16)13-20-18-6-4-3-5-17(18)19/h3-10,14,20H,11-13H2,1-2H3. The van der Waals surface area contributed by atoms with Crippen LogP contribution in [-0.4, -0.2) is 6.61 Å². The molecular weight excluding hydrogens is 282 g/mol. The van der Waals surface area contributed by atoms with Gasteiger partial charge in [-0.1, -0.05) is 49.7 Å². The topological polar surface area (TPSA) is 21.3 Å². The van der Waals surface area contributed by atoms with Crippen LogP contribution in [0.5, 0.6) is 5.75 Å². The molecule has 2 nitrogen and oxygen atoms in total. The third kappa shape index (κ3) is 5.31. The number of rotatable bonds is 7. The van der Waals surface area contributed by atoms with Crippen molar-refractivity contribution in [1.29, 1.82) is 0 Å². The number of hydrogen-bond acceptors (Lipinski definition) is 2. The number of ether oxygens (including phenoxy) is 1. The normalized spacial score (nSPS) is 10.7. The van der Waals surface area contributed by atoms with Crippen molar-refractivity contribution in [2.45, 2.75) is 26.8 Å². The van der Waals surface area contributed by atoms with E-state index in [4.69, 9.17) is 16.3 Å². The van der Waals surface area contributed by atoms with Crippen molar-refractivity contribution in [2.75, 3.05) is 11.9 Å². The molecule has 112 valence electrons. The Labute approximate surface area is 132 Å².